The van der Waals surface area contributed by atoms with Crippen LogP contribution in [-0.4, -0.2) is 6.36 Å². The van der Waals surface area contributed by atoms with Crippen LogP contribution in [0.1, 0.15) is 5.56 Å². The molecule has 0 amide bonds. The van der Waals surface area contributed by atoms with E-state index in [0.29, 0.717) is 15.4 Å². The molecule has 14 heavy (non-hydrogen) atoms. The second-order valence-electron chi connectivity index (χ2n) is 2.43. The number of alkyl halides is 4. The summed E-state index contributed by atoms with van der Waals surface area (Å²) in [5.74, 6) is -0.183. The van der Waals surface area contributed by atoms with E-state index in [1.54, 1.807) is 6.07 Å². The minimum absolute atomic E-state index is 0.183. The van der Waals surface area contributed by atoms with E-state index in [1.807, 2.05) is 0 Å². The van der Waals surface area contributed by atoms with Crippen molar-refractivity contribution >= 4 is 31.9 Å². The van der Waals surface area contributed by atoms with Gasteiger partial charge in [-0.05, 0) is 18.2 Å². The van der Waals surface area contributed by atoms with Gasteiger partial charge in [-0.3, -0.25) is 0 Å². The van der Waals surface area contributed by atoms with E-state index in [9.17, 15) is 13.2 Å². The molecule has 0 aliphatic carbocycles. The first-order chi connectivity index (χ1) is 6.42. The van der Waals surface area contributed by atoms with Crippen molar-refractivity contribution in [3.8, 4) is 5.75 Å². The summed E-state index contributed by atoms with van der Waals surface area (Å²) in [6, 6.07) is 4.33. The van der Waals surface area contributed by atoms with Crippen LogP contribution in [0, 0.1) is 0 Å². The molecule has 0 unspecified atom stereocenters. The molecule has 0 fully saturated rings. The van der Waals surface area contributed by atoms with Crippen LogP contribution in [0.2, 0.25) is 0 Å². The van der Waals surface area contributed by atoms with Crippen LogP contribution in [0.3, 0.4) is 0 Å². The summed E-state index contributed by atoms with van der Waals surface area (Å²) in [6.07, 6.45) is -4.65. The van der Waals surface area contributed by atoms with Crippen molar-refractivity contribution in [2.24, 2.45) is 0 Å². The predicted octanol–water partition coefficient (Wildman–Crippen LogP) is 4.24. The smallest absolute Gasteiger partial charge is 0.405 e. The maximum atomic E-state index is 11.9. The zero-order chi connectivity index (χ0) is 10.8. The maximum Gasteiger partial charge on any atom is 0.573 e. The molecule has 1 aromatic rings. The van der Waals surface area contributed by atoms with Gasteiger partial charge in [0.1, 0.15) is 5.75 Å². The fourth-order valence-corrected chi connectivity index (χ4v) is 1.72. The number of rotatable bonds is 2. The molecule has 0 aliphatic heterocycles. The summed E-state index contributed by atoms with van der Waals surface area (Å²) in [7, 11) is 0. The standard InChI is InChI=1S/C8H5Br2F3O/c9-4-5-3-6(10)1-2-7(5)14-8(11,12)13/h1-3H,4H2. The third kappa shape index (κ3) is 3.49. The van der Waals surface area contributed by atoms with E-state index in [4.69, 9.17) is 0 Å². The van der Waals surface area contributed by atoms with Crippen molar-refractivity contribution in [1.29, 1.82) is 0 Å². The third-order valence-corrected chi connectivity index (χ3v) is 2.49. The lowest BCUT2D eigenvalue weighted by molar-refractivity contribution is -0.274. The highest BCUT2D eigenvalue weighted by molar-refractivity contribution is 9.10. The lowest BCUT2D eigenvalue weighted by Crippen LogP contribution is -2.17. The van der Waals surface area contributed by atoms with Gasteiger partial charge in [0.15, 0.2) is 0 Å². The Morgan fingerprint density at radius 3 is 2.43 bits per heavy atom. The van der Waals surface area contributed by atoms with Crippen molar-refractivity contribution in [2.75, 3.05) is 0 Å². The Morgan fingerprint density at radius 2 is 1.93 bits per heavy atom. The number of benzene rings is 1. The first-order valence-corrected chi connectivity index (χ1v) is 5.44. The van der Waals surface area contributed by atoms with Gasteiger partial charge in [0, 0.05) is 15.4 Å². The Bertz CT molecular complexity index is 325. The van der Waals surface area contributed by atoms with Gasteiger partial charge in [-0.2, -0.15) is 0 Å². The molecule has 0 aliphatic rings. The first-order valence-electron chi connectivity index (χ1n) is 3.52. The molecule has 6 heteroatoms. The molecule has 0 saturated carbocycles. The van der Waals surface area contributed by atoms with Gasteiger partial charge in [0.25, 0.3) is 0 Å². The molecule has 0 spiro atoms. The van der Waals surface area contributed by atoms with Gasteiger partial charge in [0.05, 0.1) is 0 Å². The Kier molecular flexibility index (Phi) is 3.83. The van der Waals surface area contributed by atoms with E-state index in [2.05, 4.69) is 36.6 Å². The average molecular weight is 334 g/mol. The largest absolute Gasteiger partial charge is 0.573 e. The summed E-state index contributed by atoms with van der Waals surface area (Å²) < 4.78 is 40.3. The summed E-state index contributed by atoms with van der Waals surface area (Å²) >= 11 is 6.24. The molecule has 0 heterocycles. The van der Waals surface area contributed by atoms with Crippen LogP contribution < -0.4 is 4.74 Å². The highest BCUT2D eigenvalue weighted by atomic mass is 79.9. The van der Waals surface area contributed by atoms with Crippen molar-refractivity contribution in [3.63, 3.8) is 0 Å². The monoisotopic (exact) mass is 332 g/mol. The van der Waals surface area contributed by atoms with E-state index in [1.165, 1.54) is 12.1 Å². The van der Waals surface area contributed by atoms with Crippen LogP contribution in [0.4, 0.5) is 13.2 Å². The van der Waals surface area contributed by atoms with Gasteiger partial charge in [-0.1, -0.05) is 31.9 Å². The fraction of sp³-hybridized carbons (Fsp3) is 0.250. The number of hydrogen-bond acceptors (Lipinski definition) is 1. The molecule has 1 nitrogen and oxygen atoms in total. The molecular weight excluding hydrogens is 329 g/mol. The van der Waals surface area contributed by atoms with Gasteiger partial charge in [0.2, 0.25) is 0 Å². The molecule has 0 aromatic heterocycles. The van der Waals surface area contributed by atoms with Gasteiger partial charge >= 0.3 is 6.36 Å². The molecule has 78 valence electrons. The van der Waals surface area contributed by atoms with Crippen LogP contribution in [-0.2, 0) is 5.33 Å². The molecule has 0 saturated heterocycles. The van der Waals surface area contributed by atoms with E-state index in [0.717, 1.165) is 0 Å². The minimum Gasteiger partial charge on any atom is -0.405 e. The van der Waals surface area contributed by atoms with Crippen LogP contribution >= 0.6 is 31.9 Å². The van der Waals surface area contributed by atoms with Crippen molar-refractivity contribution in [2.45, 2.75) is 11.7 Å². The first kappa shape index (κ1) is 11.8. The van der Waals surface area contributed by atoms with E-state index >= 15 is 0 Å². The molecule has 0 radical (unpaired) electrons. The third-order valence-electron chi connectivity index (χ3n) is 1.39. The Labute approximate surface area is 95.5 Å². The molecule has 0 bridgehead atoms. The van der Waals surface area contributed by atoms with Gasteiger partial charge in [-0.25, -0.2) is 0 Å². The Hall–Kier alpha value is -0.230. The van der Waals surface area contributed by atoms with E-state index in [-0.39, 0.29) is 5.75 Å². The second kappa shape index (κ2) is 4.53. The molecule has 0 N–H and O–H groups in total. The zero-order valence-corrected chi connectivity index (χ0v) is 9.91. The summed E-state index contributed by atoms with van der Waals surface area (Å²) in [6.45, 7) is 0. The molecular formula is C8H5Br2F3O. The van der Waals surface area contributed by atoms with Crippen molar-refractivity contribution < 1.29 is 17.9 Å². The SMILES string of the molecule is FC(F)(F)Oc1ccc(Br)cc1CBr. The lowest BCUT2D eigenvalue weighted by atomic mass is 10.2. The molecule has 1 aromatic carbocycles. The van der Waals surface area contributed by atoms with Crippen molar-refractivity contribution in [3.05, 3.63) is 28.2 Å². The van der Waals surface area contributed by atoms with Gasteiger partial charge < -0.3 is 4.74 Å². The summed E-state index contributed by atoms with van der Waals surface area (Å²) in [4.78, 5) is 0. The van der Waals surface area contributed by atoms with E-state index < -0.39 is 6.36 Å². The highest BCUT2D eigenvalue weighted by Gasteiger charge is 2.31. The molecule has 1 rings (SSSR count). The van der Waals surface area contributed by atoms with Crippen molar-refractivity contribution in [1.82, 2.24) is 0 Å². The number of ether oxygens (including phenoxy) is 1. The van der Waals surface area contributed by atoms with Crippen LogP contribution in [0.15, 0.2) is 22.7 Å². The normalized spacial score (nSPS) is 11.5. The average Bonchev–Trinajstić information content (AvgIpc) is 2.06. The number of halogens is 5. The van der Waals surface area contributed by atoms with Gasteiger partial charge in [-0.15, -0.1) is 13.2 Å². The second-order valence-corrected chi connectivity index (χ2v) is 3.91. The van der Waals surface area contributed by atoms with Crippen LogP contribution in [0.5, 0.6) is 5.75 Å². The maximum absolute atomic E-state index is 11.9. The summed E-state index contributed by atoms with van der Waals surface area (Å²) in [5, 5.41) is 0.303. The van der Waals surface area contributed by atoms with Crippen LogP contribution in [0.25, 0.3) is 0 Å². The minimum atomic E-state index is -4.65. The number of hydrogen-bond donors (Lipinski definition) is 0. The Balaban J connectivity index is 2.97. The summed E-state index contributed by atoms with van der Waals surface area (Å²) in [5.41, 5.74) is 0.441. The Morgan fingerprint density at radius 1 is 1.29 bits per heavy atom. The predicted molar refractivity (Wildman–Crippen MR) is 53.5 cm³/mol. The quantitative estimate of drug-likeness (QED) is 0.735. The topological polar surface area (TPSA) is 9.23 Å². The zero-order valence-electron chi connectivity index (χ0n) is 6.74. The highest BCUT2D eigenvalue weighted by Crippen LogP contribution is 2.29. The molecule has 0 atom stereocenters. The lowest BCUT2D eigenvalue weighted by Gasteiger charge is -2.11. The fourth-order valence-electron chi connectivity index (χ4n) is 0.877.